The maximum atomic E-state index is 14.0. The third-order valence-electron chi connectivity index (χ3n) is 6.05. The Kier molecular flexibility index (Phi) is 10.7. The summed E-state index contributed by atoms with van der Waals surface area (Å²) in [4.78, 5) is 39.5. The summed E-state index contributed by atoms with van der Waals surface area (Å²) in [5.41, 5.74) is 0.941. The van der Waals surface area contributed by atoms with E-state index in [1.54, 1.807) is 32.0 Å². The number of benzene rings is 3. The standard InChI is InChI=1S/C28H30Cl2N4O6S/c1-19(2)31-28(36)26(15-20-8-5-4-6-9-20)32(17-21-12-13-24(29)25(30)14-21)27(35)18-33(41(3,39)40)22-10-7-11-23(16-22)34(37)38/h4-14,16,19,26H,15,17-18H2,1-3H3,(H,31,36). The van der Waals surface area contributed by atoms with Crippen molar-refractivity contribution in [3.63, 3.8) is 0 Å². The number of anilines is 1. The number of amides is 2. The first-order valence-corrected chi connectivity index (χ1v) is 15.2. The second-order valence-corrected chi connectivity index (χ2v) is 12.4. The minimum absolute atomic E-state index is 0.0595. The summed E-state index contributed by atoms with van der Waals surface area (Å²) in [6, 6.07) is 17.6. The minimum Gasteiger partial charge on any atom is -0.352 e. The Balaban J connectivity index is 2.09. The van der Waals surface area contributed by atoms with Crippen molar-refractivity contribution in [2.75, 3.05) is 17.1 Å². The highest BCUT2D eigenvalue weighted by Gasteiger charge is 2.33. The van der Waals surface area contributed by atoms with Crippen molar-refractivity contribution in [1.29, 1.82) is 0 Å². The summed E-state index contributed by atoms with van der Waals surface area (Å²) >= 11 is 12.3. The number of halogens is 2. The largest absolute Gasteiger partial charge is 0.352 e. The third kappa shape index (κ3) is 8.91. The number of hydrogen-bond acceptors (Lipinski definition) is 6. The molecule has 0 saturated carbocycles. The zero-order valence-corrected chi connectivity index (χ0v) is 25.0. The van der Waals surface area contributed by atoms with E-state index in [9.17, 15) is 28.1 Å². The third-order valence-corrected chi connectivity index (χ3v) is 7.93. The van der Waals surface area contributed by atoms with Gasteiger partial charge in [-0.15, -0.1) is 0 Å². The van der Waals surface area contributed by atoms with Crippen LogP contribution in [0.15, 0.2) is 72.8 Å². The van der Waals surface area contributed by atoms with Gasteiger partial charge < -0.3 is 10.2 Å². The van der Waals surface area contributed by atoms with Gasteiger partial charge in [0, 0.05) is 31.1 Å². The molecule has 1 unspecified atom stereocenters. The molecule has 41 heavy (non-hydrogen) atoms. The molecule has 1 N–H and O–H groups in total. The number of rotatable bonds is 12. The molecule has 13 heteroatoms. The maximum Gasteiger partial charge on any atom is 0.271 e. The Morgan fingerprint density at radius 3 is 2.22 bits per heavy atom. The average molecular weight is 622 g/mol. The molecular formula is C28H30Cl2N4O6S. The lowest BCUT2D eigenvalue weighted by Crippen LogP contribution is -2.54. The molecular weight excluding hydrogens is 591 g/mol. The van der Waals surface area contributed by atoms with E-state index in [1.807, 2.05) is 30.3 Å². The van der Waals surface area contributed by atoms with Crippen molar-refractivity contribution in [3.05, 3.63) is 104 Å². The van der Waals surface area contributed by atoms with Gasteiger partial charge in [0.15, 0.2) is 0 Å². The maximum absolute atomic E-state index is 14.0. The fourth-order valence-electron chi connectivity index (χ4n) is 4.14. The number of hydrogen-bond donors (Lipinski definition) is 1. The van der Waals surface area contributed by atoms with Gasteiger partial charge in [0.25, 0.3) is 5.69 Å². The molecule has 3 aromatic rings. The highest BCUT2D eigenvalue weighted by atomic mass is 35.5. The number of nitro groups is 1. The lowest BCUT2D eigenvalue weighted by atomic mass is 10.0. The van der Waals surface area contributed by atoms with Gasteiger partial charge in [-0.05, 0) is 43.2 Å². The van der Waals surface area contributed by atoms with E-state index in [0.717, 1.165) is 22.2 Å². The summed E-state index contributed by atoms with van der Waals surface area (Å²) in [5, 5.41) is 14.7. The molecule has 0 aliphatic heterocycles. The van der Waals surface area contributed by atoms with Crippen molar-refractivity contribution < 1.29 is 22.9 Å². The Morgan fingerprint density at radius 1 is 0.951 bits per heavy atom. The monoisotopic (exact) mass is 620 g/mol. The van der Waals surface area contributed by atoms with Crippen LogP contribution in [0, 0.1) is 10.1 Å². The Hall–Kier alpha value is -3.67. The molecule has 0 bridgehead atoms. The molecule has 2 amide bonds. The summed E-state index contributed by atoms with van der Waals surface area (Å²) in [6.07, 6.45) is 1.04. The highest BCUT2D eigenvalue weighted by Crippen LogP contribution is 2.26. The van der Waals surface area contributed by atoms with Crippen molar-refractivity contribution in [2.24, 2.45) is 0 Å². The van der Waals surface area contributed by atoms with Crippen LogP contribution in [0.1, 0.15) is 25.0 Å². The SMILES string of the molecule is CC(C)NC(=O)C(Cc1ccccc1)N(Cc1ccc(Cl)c(Cl)c1)C(=O)CN(c1cccc([N+](=O)[O-])c1)S(C)(=O)=O. The summed E-state index contributed by atoms with van der Waals surface area (Å²) in [6.45, 7) is 2.78. The molecule has 0 aromatic heterocycles. The fourth-order valence-corrected chi connectivity index (χ4v) is 5.31. The van der Waals surface area contributed by atoms with Gasteiger partial charge >= 0.3 is 0 Å². The first-order valence-electron chi connectivity index (χ1n) is 12.6. The molecule has 3 aromatic carbocycles. The van der Waals surface area contributed by atoms with Crippen LogP contribution in [0.4, 0.5) is 11.4 Å². The van der Waals surface area contributed by atoms with Crippen LogP contribution in [0.3, 0.4) is 0 Å². The van der Waals surface area contributed by atoms with Crippen molar-refractivity contribution in [2.45, 2.75) is 38.9 Å². The van der Waals surface area contributed by atoms with Crippen LogP contribution in [0.25, 0.3) is 0 Å². The number of carbonyl (C=O) groups excluding carboxylic acids is 2. The van der Waals surface area contributed by atoms with Crippen LogP contribution in [-0.4, -0.2) is 54.9 Å². The van der Waals surface area contributed by atoms with Crippen LogP contribution < -0.4 is 9.62 Å². The van der Waals surface area contributed by atoms with Gasteiger partial charge in [-0.1, -0.05) is 65.7 Å². The number of non-ortho nitro benzene ring substituents is 1. The van der Waals surface area contributed by atoms with Crippen LogP contribution in [0.2, 0.25) is 10.0 Å². The Labute approximate surface area is 249 Å². The number of sulfonamides is 1. The molecule has 10 nitrogen and oxygen atoms in total. The minimum atomic E-state index is -4.07. The molecule has 0 spiro atoms. The van der Waals surface area contributed by atoms with E-state index in [2.05, 4.69) is 5.32 Å². The summed E-state index contributed by atoms with van der Waals surface area (Å²) in [7, 11) is -4.07. The zero-order chi connectivity index (χ0) is 30.3. The van der Waals surface area contributed by atoms with E-state index in [0.29, 0.717) is 10.6 Å². The zero-order valence-electron chi connectivity index (χ0n) is 22.7. The molecule has 218 valence electrons. The first kappa shape index (κ1) is 31.9. The molecule has 0 fully saturated rings. The van der Waals surface area contributed by atoms with Crippen LogP contribution in [-0.2, 0) is 32.6 Å². The van der Waals surface area contributed by atoms with Gasteiger partial charge in [-0.25, -0.2) is 8.42 Å². The molecule has 0 saturated heterocycles. The molecule has 0 aliphatic carbocycles. The van der Waals surface area contributed by atoms with E-state index in [1.165, 1.54) is 23.1 Å². The molecule has 0 aliphatic rings. The normalized spacial score (nSPS) is 12.0. The van der Waals surface area contributed by atoms with Crippen molar-refractivity contribution >= 4 is 56.4 Å². The summed E-state index contributed by atoms with van der Waals surface area (Å²) < 4.78 is 26.4. The predicted octanol–water partition coefficient (Wildman–Crippen LogP) is 4.83. The van der Waals surface area contributed by atoms with E-state index in [4.69, 9.17) is 23.2 Å². The number of nitrogens with one attached hydrogen (secondary N) is 1. The van der Waals surface area contributed by atoms with Crippen LogP contribution in [0.5, 0.6) is 0 Å². The lowest BCUT2D eigenvalue weighted by molar-refractivity contribution is -0.384. The molecule has 3 rings (SSSR count). The topological polar surface area (TPSA) is 130 Å². The predicted molar refractivity (Wildman–Crippen MR) is 160 cm³/mol. The van der Waals surface area contributed by atoms with Crippen LogP contribution >= 0.6 is 23.2 Å². The van der Waals surface area contributed by atoms with E-state index < -0.39 is 39.3 Å². The van der Waals surface area contributed by atoms with Crippen molar-refractivity contribution in [1.82, 2.24) is 10.2 Å². The highest BCUT2D eigenvalue weighted by molar-refractivity contribution is 7.92. The molecule has 0 heterocycles. The number of nitro benzene ring substituents is 1. The van der Waals surface area contributed by atoms with Gasteiger partial charge in [0.05, 0.1) is 26.9 Å². The second kappa shape index (κ2) is 13.8. The quantitative estimate of drug-likeness (QED) is 0.228. The molecule has 0 radical (unpaired) electrons. The van der Waals surface area contributed by atoms with Gasteiger partial charge in [-0.3, -0.25) is 24.0 Å². The Morgan fingerprint density at radius 2 is 1.63 bits per heavy atom. The molecule has 1 atom stereocenters. The fraction of sp³-hybridized carbons (Fsp3) is 0.286. The number of carbonyl (C=O) groups is 2. The lowest BCUT2D eigenvalue weighted by Gasteiger charge is -2.34. The smallest absolute Gasteiger partial charge is 0.271 e. The summed E-state index contributed by atoms with van der Waals surface area (Å²) in [5.74, 6) is -1.13. The average Bonchev–Trinajstić information content (AvgIpc) is 2.90. The van der Waals surface area contributed by atoms with E-state index >= 15 is 0 Å². The Bertz CT molecular complexity index is 1520. The van der Waals surface area contributed by atoms with E-state index in [-0.39, 0.29) is 35.4 Å². The first-order chi connectivity index (χ1) is 19.3. The van der Waals surface area contributed by atoms with Gasteiger partial charge in [0.1, 0.15) is 12.6 Å². The van der Waals surface area contributed by atoms with Crippen molar-refractivity contribution in [3.8, 4) is 0 Å². The number of nitrogens with zero attached hydrogens (tertiary/aromatic N) is 3. The second-order valence-electron chi connectivity index (χ2n) is 9.69. The van der Waals surface area contributed by atoms with Gasteiger partial charge in [-0.2, -0.15) is 0 Å². The van der Waals surface area contributed by atoms with Gasteiger partial charge in [0.2, 0.25) is 21.8 Å².